The second-order valence-electron chi connectivity index (χ2n) is 5.69. The van der Waals surface area contributed by atoms with Crippen LogP contribution in [0.3, 0.4) is 0 Å². The van der Waals surface area contributed by atoms with E-state index in [4.69, 9.17) is 15.3 Å². The molecule has 0 radical (unpaired) electrons. The normalized spacial score (nSPS) is 10.7. The molecular weight excluding hydrogens is 348 g/mol. The Kier molecular flexibility index (Phi) is 6.01. The van der Waals surface area contributed by atoms with Crippen LogP contribution in [-0.2, 0) is 0 Å². The Morgan fingerprint density at radius 3 is 2.54 bits per heavy atom. The average Bonchev–Trinajstić information content (AvgIpc) is 3.03. The topological polar surface area (TPSA) is 75.2 Å². The minimum absolute atomic E-state index is 0.584. The fourth-order valence-electron chi connectivity index (χ4n) is 2.51. The van der Waals surface area contributed by atoms with Gasteiger partial charge in [0.15, 0.2) is 5.82 Å². The summed E-state index contributed by atoms with van der Waals surface area (Å²) in [4.78, 5) is 0. The zero-order valence-corrected chi connectivity index (χ0v) is 15.7. The van der Waals surface area contributed by atoms with Crippen LogP contribution in [0.4, 0.5) is 0 Å². The first-order chi connectivity index (χ1) is 12.7. The van der Waals surface area contributed by atoms with Gasteiger partial charge in [0.25, 0.3) is 0 Å². The molecule has 136 valence electrons. The first-order valence-corrected chi connectivity index (χ1v) is 9.34. The molecule has 0 fully saturated rings. The quantitative estimate of drug-likeness (QED) is 0.371. The smallest absolute Gasteiger partial charge is 0.210 e. The van der Waals surface area contributed by atoms with Crippen molar-refractivity contribution in [3.8, 4) is 22.9 Å². The summed E-state index contributed by atoms with van der Waals surface area (Å²) in [6, 6.07) is 15.6. The van der Waals surface area contributed by atoms with E-state index >= 15 is 0 Å². The molecule has 3 aromatic rings. The van der Waals surface area contributed by atoms with Gasteiger partial charge in [-0.3, -0.25) is 0 Å². The zero-order chi connectivity index (χ0) is 18.4. The molecule has 0 spiro atoms. The third-order valence-electron chi connectivity index (χ3n) is 3.88. The Labute approximate surface area is 157 Å². The van der Waals surface area contributed by atoms with Crippen molar-refractivity contribution in [2.24, 2.45) is 0 Å². The summed E-state index contributed by atoms with van der Waals surface area (Å²) >= 11 is 1.56. The summed E-state index contributed by atoms with van der Waals surface area (Å²) in [5.74, 6) is 9.24. The van der Waals surface area contributed by atoms with Crippen molar-refractivity contribution in [3.05, 3.63) is 54.1 Å². The number of aryl methyl sites for hydroxylation is 1. The van der Waals surface area contributed by atoms with Gasteiger partial charge in [0.05, 0.1) is 19.3 Å². The monoisotopic (exact) mass is 370 g/mol. The molecule has 0 amide bonds. The summed E-state index contributed by atoms with van der Waals surface area (Å²) < 4.78 is 12.7. The summed E-state index contributed by atoms with van der Waals surface area (Å²) in [6.45, 7) is 2.69. The maximum atomic E-state index is 6.17. The number of thioether (sulfide) groups is 1. The Morgan fingerprint density at radius 1 is 1.04 bits per heavy atom. The molecule has 0 saturated heterocycles. The van der Waals surface area contributed by atoms with E-state index in [1.54, 1.807) is 18.9 Å². The molecule has 3 rings (SSSR count). The molecule has 0 saturated carbocycles. The molecule has 0 aliphatic heterocycles. The predicted molar refractivity (Wildman–Crippen MR) is 104 cm³/mol. The largest absolute Gasteiger partial charge is 0.496 e. The molecule has 1 heterocycles. The molecule has 1 aromatic heterocycles. The third kappa shape index (κ3) is 4.11. The van der Waals surface area contributed by atoms with Gasteiger partial charge in [-0.1, -0.05) is 42.1 Å². The molecule has 2 N–H and O–H groups in total. The van der Waals surface area contributed by atoms with E-state index in [1.807, 2.05) is 55.5 Å². The van der Waals surface area contributed by atoms with E-state index in [2.05, 4.69) is 10.2 Å². The number of nitrogen functional groups attached to an aromatic ring is 1. The molecule has 0 atom stereocenters. The molecule has 0 unspecified atom stereocenters. The number of rotatable bonds is 8. The third-order valence-corrected chi connectivity index (χ3v) is 4.91. The first-order valence-electron chi connectivity index (χ1n) is 8.36. The lowest BCUT2D eigenvalue weighted by molar-refractivity contribution is 0.316. The highest BCUT2D eigenvalue weighted by Gasteiger charge is 2.15. The molecule has 7 heteroatoms. The van der Waals surface area contributed by atoms with Gasteiger partial charge < -0.3 is 15.3 Å². The van der Waals surface area contributed by atoms with Gasteiger partial charge in [0.1, 0.15) is 11.5 Å². The number of benzene rings is 2. The number of methoxy groups -OCH3 is 1. The maximum absolute atomic E-state index is 6.17. The van der Waals surface area contributed by atoms with Gasteiger partial charge in [0.2, 0.25) is 5.16 Å². The number of aromatic nitrogens is 3. The summed E-state index contributed by atoms with van der Waals surface area (Å²) in [5, 5.41) is 9.07. The summed E-state index contributed by atoms with van der Waals surface area (Å²) in [6.07, 6.45) is 0.885. The van der Waals surface area contributed by atoms with Crippen molar-refractivity contribution < 1.29 is 9.47 Å². The Morgan fingerprint density at radius 2 is 1.77 bits per heavy atom. The van der Waals surface area contributed by atoms with E-state index < -0.39 is 0 Å². The number of hydrogen-bond acceptors (Lipinski definition) is 6. The second kappa shape index (κ2) is 8.62. The highest BCUT2D eigenvalue weighted by atomic mass is 32.2. The molecular formula is C19H22N4O2S. The predicted octanol–water partition coefficient (Wildman–Crippen LogP) is 3.54. The lowest BCUT2D eigenvalue weighted by Gasteiger charge is -2.09. The zero-order valence-electron chi connectivity index (χ0n) is 14.9. The van der Waals surface area contributed by atoms with Crippen LogP contribution >= 0.6 is 11.8 Å². The van der Waals surface area contributed by atoms with Gasteiger partial charge in [-0.25, -0.2) is 4.68 Å². The average molecular weight is 370 g/mol. The van der Waals surface area contributed by atoms with Crippen molar-refractivity contribution in [2.75, 3.05) is 25.3 Å². The fraction of sp³-hybridized carbons (Fsp3) is 0.263. The van der Waals surface area contributed by atoms with E-state index in [1.165, 1.54) is 4.68 Å². The van der Waals surface area contributed by atoms with Gasteiger partial charge in [-0.05, 0) is 37.1 Å². The van der Waals surface area contributed by atoms with Crippen molar-refractivity contribution in [3.63, 3.8) is 0 Å². The minimum atomic E-state index is 0.584. The van der Waals surface area contributed by atoms with Gasteiger partial charge in [0, 0.05) is 5.75 Å². The van der Waals surface area contributed by atoms with Crippen LogP contribution < -0.4 is 15.3 Å². The second-order valence-corrected chi connectivity index (χ2v) is 6.75. The van der Waals surface area contributed by atoms with Crippen LogP contribution in [0.15, 0.2) is 53.7 Å². The van der Waals surface area contributed by atoms with Crippen molar-refractivity contribution in [1.29, 1.82) is 0 Å². The Bertz CT molecular complexity index is 866. The van der Waals surface area contributed by atoms with Gasteiger partial charge >= 0.3 is 0 Å². The van der Waals surface area contributed by atoms with Crippen LogP contribution in [0.1, 0.15) is 12.0 Å². The van der Waals surface area contributed by atoms with Crippen molar-refractivity contribution in [2.45, 2.75) is 18.5 Å². The first kappa shape index (κ1) is 18.1. The Balaban J connectivity index is 1.55. The van der Waals surface area contributed by atoms with Gasteiger partial charge in [-0.2, -0.15) is 0 Å². The lowest BCUT2D eigenvalue weighted by Crippen LogP contribution is -2.12. The standard InChI is InChI=1S/C19H22N4O2S/c1-14-8-3-5-10-16(14)25-12-7-13-26-19-22-21-18(23(19)20)15-9-4-6-11-17(15)24-2/h3-6,8-11H,7,12-13,20H2,1-2H3. The molecule has 26 heavy (non-hydrogen) atoms. The molecule has 0 aliphatic rings. The number of ether oxygens (including phenoxy) is 2. The van der Waals surface area contributed by atoms with Crippen LogP contribution in [0.25, 0.3) is 11.4 Å². The molecule has 0 aliphatic carbocycles. The van der Waals surface area contributed by atoms with Crippen LogP contribution in [0.5, 0.6) is 11.5 Å². The van der Waals surface area contributed by atoms with Gasteiger partial charge in [-0.15, -0.1) is 10.2 Å². The Hall–Kier alpha value is -2.67. The molecule has 6 nitrogen and oxygen atoms in total. The lowest BCUT2D eigenvalue weighted by atomic mass is 10.2. The minimum Gasteiger partial charge on any atom is -0.496 e. The van der Waals surface area contributed by atoms with Crippen molar-refractivity contribution >= 4 is 11.8 Å². The highest BCUT2D eigenvalue weighted by Crippen LogP contribution is 2.29. The summed E-state index contributed by atoms with van der Waals surface area (Å²) in [5.41, 5.74) is 1.96. The summed E-state index contributed by atoms with van der Waals surface area (Å²) in [7, 11) is 1.63. The molecule has 0 bridgehead atoms. The van der Waals surface area contributed by atoms with E-state index in [9.17, 15) is 0 Å². The van der Waals surface area contributed by atoms with Crippen LogP contribution in [0, 0.1) is 6.92 Å². The van der Waals surface area contributed by atoms with E-state index in [0.717, 1.165) is 34.8 Å². The van der Waals surface area contributed by atoms with E-state index in [-0.39, 0.29) is 0 Å². The number of para-hydroxylation sites is 2. The fourth-order valence-corrected chi connectivity index (χ4v) is 3.28. The van der Waals surface area contributed by atoms with Crippen LogP contribution in [-0.4, -0.2) is 34.3 Å². The van der Waals surface area contributed by atoms with E-state index in [0.29, 0.717) is 17.6 Å². The SMILES string of the molecule is COc1ccccc1-c1nnc(SCCCOc2ccccc2C)n1N. The number of nitrogens with two attached hydrogens (primary N) is 1. The number of hydrogen-bond donors (Lipinski definition) is 1. The highest BCUT2D eigenvalue weighted by molar-refractivity contribution is 7.99. The number of nitrogens with zero attached hydrogens (tertiary/aromatic N) is 3. The van der Waals surface area contributed by atoms with Crippen molar-refractivity contribution in [1.82, 2.24) is 14.9 Å². The molecule has 2 aromatic carbocycles. The maximum Gasteiger partial charge on any atom is 0.210 e. The van der Waals surface area contributed by atoms with Crippen LogP contribution in [0.2, 0.25) is 0 Å².